The van der Waals surface area contributed by atoms with Crippen LogP contribution < -0.4 is 5.73 Å². The van der Waals surface area contributed by atoms with Gasteiger partial charge >= 0.3 is 6.09 Å². The van der Waals surface area contributed by atoms with E-state index in [9.17, 15) is 4.79 Å². The number of ether oxygens (including phenoxy) is 1. The van der Waals surface area contributed by atoms with Gasteiger partial charge in [-0.1, -0.05) is 0 Å². The number of nitrogens with zero attached hydrogens (tertiary/aromatic N) is 1. The maximum Gasteiger partial charge on any atom is 0.410 e. The van der Waals surface area contributed by atoms with Crippen LogP contribution in [0.2, 0.25) is 0 Å². The van der Waals surface area contributed by atoms with Crippen molar-refractivity contribution in [2.75, 3.05) is 25.4 Å². The van der Waals surface area contributed by atoms with E-state index in [2.05, 4.69) is 0 Å². The largest absolute Gasteiger partial charge is 0.444 e. The van der Waals surface area contributed by atoms with Crippen molar-refractivity contribution in [1.29, 1.82) is 0 Å². The molecule has 2 N–H and O–H groups in total. The third-order valence-corrected chi connectivity index (χ3v) is 3.60. The Kier molecular flexibility index (Phi) is 4.92. The maximum atomic E-state index is 11.8. The molecule has 5 heteroatoms. The van der Waals surface area contributed by atoms with E-state index in [0.29, 0.717) is 11.8 Å². The lowest BCUT2D eigenvalue weighted by Gasteiger charge is -2.24. The van der Waals surface area contributed by atoms with Crippen LogP contribution in [0.4, 0.5) is 4.79 Å². The molecular weight excluding hydrogens is 224 g/mol. The average Bonchev–Trinajstić information content (AvgIpc) is 2.60. The second-order valence-electron chi connectivity index (χ2n) is 5.00. The van der Waals surface area contributed by atoms with Crippen molar-refractivity contribution in [3.8, 4) is 0 Å². The van der Waals surface area contributed by atoms with Gasteiger partial charge in [0.05, 0.1) is 0 Å². The van der Waals surface area contributed by atoms with Gasteiger partial charge in [-0.05, 0) is 27.2 Å². The Bertz CT molecular complexity index is 241. The first-order valence-corrected chi connectivity index (χ1v) is 6.77. The minimum atomic E-state index is -0.403. The zero-order valence-electron chi connectivity index (χ0n) is 10.4. The second-order valence-corrected chi connectivity index (χ2v) is 6.40. The predicted octanol–water partition coefficient (Wildman–Crippen LogP) is 1.69. The zero-order valence-corrected chi connectivity index (χ0v) is 11.2. The van der Waals surface area contributed by atoms with Crippen LogP contribution in [0.15, 0.2) is 0 Å². The number of thioether (sulfide) groups is 1. The first kappa shape index (κ1) is 13.6. The number of hydrogen-bond acceptors (Lipinski definition) is 4. The normalized spacial score (nSPS) is 21.2. The standard InChI is InChI=1S/C11H22N2O2S/c1-11(2,3)15-10(14)13-6-4-9(8-13)16-7-5-12/h9H,4-8,12H2,1-3H3/t9-/m1/s1. The van der Waals surface area contributed by atoms with Gasteiger partial charge in [0.1, 0.15) is 5.60 Å². The molecule has 1 amide bonds. The molecule has 0 aromatic rings. The highest BCUT2D eigenvalue weighted by Crippen LogP contribution is 2.23. The number of hydrogen-bond donors (Lipinski definition) is 1. The van der Waals surface area contributed by atoms with Crippen LogP contribution in [0.5, 0.6) is 0 Å². The Morgan fingerprint density at radius 2 is 2.25 bits per heavy atom. The van der Waals surface area contributed by atoms with Gasteiger partial charge in [-0.2, -0.15) is 11.8 Å². The molecule has 0 aromatic carbocycles. The van der Waals surface area contributed by atoms with E-state index in [1.807, 2.05) is 32.5 Å². The van der Waals surface area contributed by atoms with Crippen molar-refractivity contribution in [2.24, 2.45) is 5.73 Å². The Balaban J connectivity index is 2.32. The molecule has 1 rings (SSSR count). The van der Waals surface area contributed by atoms with Crippen LogP contribution in [0.3, 0.4) is 0 Å². The smallest absolute Gasteiger partial charge is 0.410 e. The lowest BCUT2D eigenvalue weighted by molar-refractivity contribution is 0.0295. The third kappa shape index (κ3) is 4.61. The highest BCUT2D eigenvalue weighted by molar-refractivity contribution is 7.99. The van der Waals surface area contributed by atoms with E-state index in [1.54, 1.807) is 4.90 Å². The third-order valence-electron chi connectivity index (χ3n) is 2.27. The van der Waals surface area contributed by atoms with Crippen molar-refractivity contribution < 1.29 is 9.53 Å². The van der Waals surface area contributed by atoms with Crippen LogP contribution >= 0.6 is 11.8 Å². The molecule has 1 atom stereocenters. The molecule has 1 aliphatic heterocycles. The van der Waals surface area contributed by atoms with Gasteiger partial charge in [0, 0.05) is 30.6 Å². The molecule has 0 radical (unpaired) electrons. The fraction of sp³-hybridized carbons (Fsp3) is 0.909. The lowest BCUT2D eigenvalue weighted by Crippen LogP contribution is -2.35. The van der Waals surface area contributed by atoms with Gasteiger partial charge in [0.25, 0.3) is 0 Å². The van der Waals surface area contributed by atoms with E-state index in [4.69, 9.17) is 10.5 Å². The first-order valence-electron chi connectivity index (χ1n) is 5.72. The number of amides is 1. The molecule has 0 spiro atoms. The molecule has 1 heterocycles. The van der Waals surface area contributed by atoms with Crippen LogP contribution in [-0.2, 0) is 4.74 Å². The fourth-order valence-electron chi connectivity index (χ4n) is 1.59. The highest BCUT2D eigenvalue weighted by atomic mass is 32.2. The molecule has 1 aliphatic rings. The minimum absolute atomic E-state index is 0.191. The van der Waals surface area contributed by atoms with Crippen LogP contribution in [-0.4, -0.2) is 47.2 Å². The molecule has 0 aliphatic carbocycles. The summed E-state index contributed by atoms with van der Waals surface area (Å²) in [5.41, 5.74) is 5.06. The number of likely N-dealkylation sites (tertiary alicyclic amines) is 1. The SMILES string of the molecule is CC(C)(C)OC(=O)N1CC[C@@H](SCCN)C1. The summed E-state index contributed by atoms with van der Waals surface area (Å²) in [7, 11) is 0. The van der Waals surface area contributed by atoms with E-state index < -0.39 is 5.60 Å². The van der Waals surface area contributed by atoms with Crippen LogP contribution in [0, 0.1) is 0 Å². The molecule has 1 fully saturated rings. The number of carbonyl (C=O) groups is 1. The molecule has 4 nitrogen and oxygen atoms in total. The van der Waals surface area contributed by atoms with Crippen molar-refractivity contribution in [3.63, 3.8) is 0 Å². The monoisotopic (exact) mass is 246 g/mol. The highest BCUT2D eigenvalue weighted by Gasteiger charge is 2.29. The Morgan fingerprint density at radius 3 is 2.81 bits per heavy atom. The maximum absolute atomic E-state index is 11.8. The molecule has 0 aromatic heterocycles. The molecule has 0 saturated carbocycles. The van der Waals surface area contributed by atoms with E-state index in [0.717, 1.165) is 25.3 Å². The predicted molar refractivity (Wildman–Crippen MR) is 67.7 cm³/mol. The summed E-state index contributed by atoms with van der Waals surface area (Å²) in [5.74, 6) is 0.965. The van der Waals surface area contributed by atoms with Gasteiger partial charge < -0.3 is 15.4 Å². The van der Waals surface area contributed by atoms with Gasteiger partial charge in [-0.25, -0.2) is 4.79 Å². The molecular formula is C11H22N2O2S. The molecule has 94 valence electrons. The van der Waals surface area contributed by atoms with Gasteiger partial charge in [0.15, 0.2) is 0 Å². The summed E-state index contributed by atoms with van der Waals surface area (Å²) in [6.45, 7) is 7.97. The minimum Gasteiger partial charge on any atom is -0.444 e. The summed E-state index contributed by atoms with van der Waals surface area (Å²) in [6, 6.07) is 0. The average molecular weight is 246 g/mol. The summed E-state index contributed by atoms with van der Waals surface area (Å²) in [4.78, 5) is 13.5. The van der Waals surface area contributed by atoms with E-state index in [1.165, 1.54) is 0 Å². The number of carbonyl (C=O) groups excluding carboxylic acids is 1. The quantitative estimate of drug-likeness (QED) is 0.823. The van der Waals surface area contributed by atoms with Crippen LogP contribution in [0.25, 0.3) is 0 Å². The van der Waals surface area contributed by atoms with E-state index >= 15 is 0 Å². The summed E-state index contributed by atoms with van der Waals surface area (Å²) in [6.07, 6.45) is 0.854. The van der Waals surface area contributed by atoms with Crippen molar-refractivity contribution in [3.05, 3.63) is 0 Å². The molecule has 0 bridgehead atoms. The fourth-order valence-corrected chi connectivity index (χ4v) is 2.62. The van der Waals surface area contributed by atoms with Crippen LogP contribution in [0.1, 0.15) is 27.2 Å². The first-order chi connectivity index (χ1) is 7.42. The molecule has 0 unspecified atom stereocenters. The Hall–Kier alpha value is -0.420. The zero-order chi connectivity index (χ0) is 12.2. The topological polar surface area (TPSA) is 55.6 Å². The van der Waals surface area contributed by atoms with Crippen molar-refractivity contribution >= 4 is 17.9 Å². The van der Waals surface area contributed by atoms with Gasteiger partial charge in [-0.15, -0.1) is 0 Å². The van der Waals surface area contributed by atoms with Crippen molar-refractivity contribution in [2.45, 2.75) is 38.0 Å². The number of rotatable bonds is 3. The lowest BCUT2D eigenvalue weighted by atomic mass is 10.2. The number of nitrogens with two attached hydrogens (primary N) is 1. The summed E-state index contributed by atoms with van der Waals surface area (Å²) in [5, 5.41) is 0.524. The Morgan fingerprint density at radius 1 is 1.56 bits per heavy atom. The molecule has 1 saturated heterocycles. The van der Waals surface area contributed by atoms with Gasteiger partial charge in [0.2, 0.25) is 0 Å². The summed E-state index contributed by atoms with van der Waals surface area (Å²) >= 11 is 1.85. The second kappa shape index (κ2) is 5.77. The van der Waals surface area contributed by atoms with Gasteiger partial charge in [-0.3, -0.25) is 0 Å². The molecule has 16 heavy (non-hydrogen) atoms. The summed E-state index contributed by atoms with van der Waals surface area (Å²) < 4.78 is 5.33. The van der Waals surface area contributed by atoms with Crippen molar-refractivity contribution in [1.82, 2.24) is 4.90 Å². The van der Waals surface area contributed by atoms with E-state index in [-0.39, 0.29) is 6.09 Å². The Labute approximate surface area is 102 Å².